The SMILES string of the molecule is CCCCC1=CC=C2C(=Nc3c(C(=O)O)cccc32)C1. The monoisotopic (exact) mass is 267 g/mol. The van der Waals surface area contributed by atoms with E-state index < -0.39 is 5.97 Å². The van der Waals surface area contributed by atoms with Gasteiger partial charge in [-0.2, -0.15) is 0 Å². The Kier molecular flexibility index (Phi) is 3.26. The van der Waals surface area contributed by atoms with Crippen LogP contribution in [-0.4, -0.2) is 16.8 Å². The van der Waals surface area contributed by atoms with Gasteiger partial charge in [-0.3, -0.25) is 4.99 Å². The second kappa shape index (κ2) is 5.08. The molecule has 0 fully saturated rings. The van der Waals surface area contributed by atoms with E-state index in [1.807, 2.05) is 6.07 Å². The standard InChI is InChI=1S/C17H17NO2/c1-2-3-5-11-8-9-12-13-6-4-7-14(17(19)20)16(13)18-15(12)10-11/h4,6-9H,2-3,5,10H2,1H3,(H,19,20). The molecular weight excluding hydrogens is 250 g/mol. The van der Waals surface area contributed by atoms with E-state index in [-0.39, 0.29) is 0 Å². The van der Waals surface area contributed by atoms with E-state index in [4.69, 9.17) is 0 Å². The van der Waals surface area contributed by atoms with Crippen LogP contribution in [0.1, 0.15) is 48.5 Å². The highest BCUT2D eigenvalue weighted by Crippen LogP contribution is 2.41. The van der Waals surface area contributed by atoms with Crippen LogP contribution in [0.4, 0.5) is 5.69 Å². The van der Waals surface area contributed by atoms with Crippen LogP contribution in [0.15, 0.2) is 40.9 Å². The lowest BCUT2D eigenvalue weighted by Gasteiger charge is -2.13. The minimum atomic E-state index is -0.912. The Morgan fingerprint density at radius 3 is 2.95 bits per heavy atom. The van der Waals surface area contributed by atoms with Crippen molar-refractivity contribution in [1.29, 1.82) is 0 Å². The molecule has 3 heteroatoms. The summed E-state index contributed by atoms with van der Waals surface area (Å²) in [7, 11) is 0. The second-order valence-electron chi connectivity index (χ2n) is 5.25. The maximum absolute atomic E-state index is 11.3. The van der Waals surface area contributed by atoms with Crippen LogP contribution >= 0.6 is 0 Å². The van der Waals surface area contributed by atoms with Crippen molar-refractivity contribution in [2.24, 2.45) is 4.99 Å². The van der Waals surface area contributed by atoms with E-state index >= 15 is 0 Å². The van der Waals surface area contributed by atoms with Gasteiger partial charge in [0.15, 0.2) is 0 Å². The molecule has 0 spiro atoms. The Hall–Kier alpha value is -2.16. The largest absolute Gasteiger partial charge is 0.478 e. The number of para-hydroxylation sites is 1. The summed E-state index contributed by atoms with van der Waals surface area (Å²) >= 11 is 0. The zero-order chi connectivity index (χ0) is 14.1. The van der Waals surface area contributed by atoms with Crippen LogP contribution in [-0.2, 0) is 0 Å². The fourth-order valence-corrected chi connectivity index (χ4v) is 2.78. The number of benzene rings is 1. The summed E-state index contributed by atoms with van der Waals surface area (Å²) in [5, 5.41) is 9.25. The Bertz CT molecular complexity index is 666. The third-order valence-corrected chi connectivity index (χ3v) is 3.85. The average molecular weight is 267 g/mol. The number of hydrogen-bond acceptors (Lipinski definition) is 2. The van der Waals surface area contributed by atoms with Crippen molar-refractivity contribution in [3.05, 3.63) is 47.1 Å². The summed E-state index contributed by atoms with van der Waals surface area (Å²) in [6, 6.07) is 5.36. The lowest BCUT2D eigenvalue weighted by atomic mass is 9.90. The predicted octanol–water partition coefficient (Wildman–Crippen LogP) is 4.37. The highest BCUT2D eigenvalue weighted by molar-refractivity contribution is 6.31. The van der Waals surface area contributed by atoms with Crippen LogP contribution in [0, 0.1) is 0 Å². The van der Waals surface area contributed by atoms with Crippen LogP contribution in [0.3, 0.4) is 0 Å². The lowest BCUT2D eigenvalue weighted by molar-refractivity contribution is 0.0698. The van der Waals surface area contributed by atoms with Crippen molar-refractivity contribution in [3.8, 4) is 0 Å². The highest BCUT2D eigenvalue weighted by atomic mass is 16.4. The van der Waals surface area contributed by atoms with E-state index in [9.17, 15) is 9.90 Å². The van der Waals surface area contributed by atoms with Crippen molar-refractivity contribution < 1.29 is 9.90 Å². The minimum Gasteiger partial charge on any atom is -0.478 e. The predicted molar refractivity (Wildman–Crippen MR) is 80.7 cm³/mol. The number of nitrogens with zero attached hydrogens (tertiary/aromatic N) is 1. The zero-order valence-corrected chi connectivity index (χ0v) is 11.5. The first-order valence-corrected chi connectivity index (χ1v) is 7.05. The molecule has 3 nitrogen and oxygen atoms in total. The van der Waals surface area contributed by atoms with Gasteiger partial charge in [0.25, 0.3) is 0 Å². The molecule has 0 radical (unpaired) electrons. The number of allylic oxidation sites excluding steroid dienone is 4. The molecule has 1 aliphatic carbocycles. The molecule has 0 saturated heterocycles. The number of carbonyl (C=O) groups is 1. The minimum absolute atomic E-state index is 0.292. The summed E-state index contributed by atoms with van der Waals surface area (Å²) in [6.07, 6.45) is 8.58. The van der Waals surface area contributed by atoms with Crippen LogP contribution < -0.4 is 0 Å². The highest BCUT2D eigenvalue weighted by Gasteiger charge is 2.26. The number of carboxylic acids is 1. The first-order chi connectivity index (χ1) is 9.70. The molecule has 0 saturated carbocycles. The number of fused-ring (bicyclic) bond motifs is 3. The van der Waals surface area contributed by atoms with E-state index in [2.05, 4.69) is 24.1 Å². The first kappa shape index (κ1) is 12.9. The van der Waals surface area contributed by atoms with Crippen LogP contribution in [0.5, 0.6) is 0 Å². The molecule has 1 aliphatic heterocycles. The Balaban J connectivity index is 1.97. The van der Waals surface area contributed by atoms with Gasteiger partial charge in [0, 0.05) is 17.6 Å². The molecule has 0 aromatic heterocycles. The van der Waals surface area contributed by atoms with Gasteiger partial charge in [-0.25, -0.2) is 4.79 Å². The molecule has 1 aromatic carbocycles. The van der Waals surface area contributed by atoms with Crippen molar-refractivity contribution in [2.45, 2.75) is 32.6 Å². The van der Waals surface area contributed by atoms with Gasteiger partial charge in [-0.15, -0.1) is 0 Å². The first-order valence-electron chi connectivity index (χ1n) is 7.05. The molecule has 102 valence electrons. The average Bonchev–Trinajstić information content (AvgIpc) is 2.82. The number of unbranched alkanes of at least 4 members (excludes halogenated alkanes) is 1. The van der Waals surface area contributed by atoms with E-state index in [1.165, 1.54) is 18.4 Å². The molecule has 0 atom stereocenters. The number of hydrogen-bond donors (Lipinski definition) is 1. The summed E-state index contributed by atoms with van der Waals surface area (Å²) in [4.78, 5) is 15.9. The summed E-state index contributed by atoms with van der Waals surface area (Å²) in [6.45, 7) is 2.19. The summed E-state index contributed by atoms with van der Waals surface area (Å²) in [5.74, 6) is -0.912. The fourth-order valence-electron chi connectivity index (χ4n) is 2.78. The Morgan fingerprint density at radius 1 is 1.35 bits per heavy atom. The molecule has 1 heterocycles. The summed E-state index contributed by atoms with van der Waals surface area (Å²) < 4.78 is 0. The quantitative estimate of drug-likeness (QED) is 0.880. The van der Waals surface area contributed by atoms with Gasteiger partial charge >= 0.3 is 5.97 Å². The third kappa shape index (κ3) is 2.09. The van der Waals surface area contributed by atoms with Gasteiger partial charge in [0.1, 0.15) is 0 Å². The van der Waals surface area contributed by atoms with Gasteiger partial charge in [0.05, 0.1) is 17.0 Å². The number of aliphatic imine (C=N–C) groups is 1. The van der Waals surface area contributed by atoms with Crippen LogP contribution in [0.25, 0.3) is 5.57 Å². The lowest BCUT2D eigenvalue weighted by Crippen LogP contribution is -2.03. The third-order valence-electron chi connectivity index (χ3n) is 3.85. The van der Waals surface area contributed by atoms with Crippen LogP contribution in [0.2, 0.25) is 0 Å². The number of rotatable bonds is 4. The van der Waals surface area contributed by atoms with Crippen molar-refractivity contribution in [2.75, 3.05) is 0 Å². The van der Waals surface area contributed by atoms with Gasteiger partial charge < -0.3 is 5.11 Å². The molecule has 0 unspecified atom stereocenters. The maximum atomic E-state index is 11.3. The molecule has 0 bridgehead atoms. The number of aromatic carboxylic acids is 1. The number of carboxylic acid groups (broad SMARTS) is 1. The molecule has 0 amide bonds. The smallest absolute Gasteiger partial charge is 0.337 e. The Morgan fingerprint density at radius 2 is 2.20 bits per heavy atom. The van der Waals surface area contributed by atoms with E-state index in [1.54, 1.807) is 12.1 Å². The summed E-state index contributed by atoms with van der Waals surface area (Å²) in [5.41, 5.74) is 5.35. The van der Waals surface area contributed by atoms with Gasteiger partial charge in [0.2, 0.25) is 0 Å². The molecule has 3 rings (SSSR count). The topological polar surface area (TPSA) is 49.7 Å². The van der Waals surface area contributed by atoms with Crippen molar-refractivity contribution in [3.63, 3.8) is 0 Å². The molecule has 1 aromatic rings. The van der Waals surface area contributed by atoms with E-state index in [0.29, 0.717) is 11.3 Å². The molecular formula is C17H17NO2. The van der Waals surface area contributed by atoms with E-state index in [0.717, 1.165) is 29.7 Å². The normalized spacial score (nSPS) is 15.9. The zero-order valence-electron chi connectivity index (χ0n) is 11.5. The molecule has 20 heavy (non-hydrogen) atoms. The Labute approximate surface area is 118 Å². The van der Waals surface area contributed by atoms with Gasteiger partial charge in [-0.05, 0) is 18.9 Å². The second-order valence-corrected chi connectivity index (χ2v) is 5.25. The van der Waals surface area contributed by atoms with Gasteiger partial charge in [-0.1, -0.05) is 43.2 Å². The van der Waals surface area contributed by atoms with Crippen molar-refractivity contribution >= 4 is 22.9 Å². The molecule has 2 aliphatic rings. The molecule has 1 N–H and O–H groups in total. The van der Waals surface area contributed by atoms with Crippen molar-refractivity contribution in [1.82, 2.24) is 0 Å². The maximum Gasteiger partial charge on any atom is 0.337 e. The fraction of sp³-hybridized carbons (Fsp3) is 0.294.